The minimum absolute atomic E-state index is 0.0147. The van der Waals surface area contributed by atoms with Crippen LogP contribution in [0.25, 0.3) is 11.0 Å². The highest BCUT2D eigenvalue weighted by Crippen LogP contribution is 2.43. The van der Waals surface area contributed by atoms with E-state index in [1.165, 1.54) is 11.0 Å². The van der Waals surface area contributed by atoms with Crippen LogP contribution in [-0.2, 0) is 19.1 Å². The number of benzene rings is 1. The van der Waals surface area contributed by atoms with E-state index in [-0.39, 0.29) is 36.4 Å². The summed E-state index contributed by atoms with van der Waals surface area (Å²) in [7, 11) is 0. The van der Waals surface area contributed by atoms with Crippen LogP contribution in [0.2, 0.25) is 5.02 Å². The maximum absolute atomic E-state index is 13.7. The smallest absolute Gasteiger partial charge is 0.356 e. The van der Waals surface area contributed by atoms with Crippen molar-refractivity contribution in [3.05, 3.63) is 28.9 Å². The maximum Gasteiger partial charge on any atom is 0.522 e. The number of carbonyl (C=O) groups excluding carboxylic acids is 4. The van der Waals surface area contributed by atoms with Crippen molar-refractivity contribution in [2.24, 2.45) is 17.8 Å². The summed E-state index contributed by atoms with van der Waals surface area (Å²) in [6.07, 6.45) is -2.53. The fourth-order valence-corrected chi connectivity index (χ4v) is 6.16. The van der Waals surface area contributed by atoms with E-state index in [0.717, 1.165) is 12.8 Å². The number of carbonyl (C=O) groups is 4. The molecule has 2 saturated heterocycles. The average Bonchev–Trinajstić information content (AvgIpc) is 3.65. The molecule has 1 aromatic heterocycles. The van der Waals surface area contributed by atoms with Crippen molar-refractivity contribution in [1.29, 1.82) is 0 Å². The number of rotatable bonds is 8. The van der Waals surface area contributed by atoms with Crippen molar-refractivity contribution in [3.63, 3.8) is 0 Å². The van der Waals surface area contributed by atoms with Gasteiger partial charge in [-0.05, 0) is 55.7 Å². The third-order valence-corrected chi connectivity index (χ3v) is 8.06. The highest BCUT2D eigenvalue weighted by molar-refractivity contribution is 6.31. The number of hydrogen-bond acceptors (Lipinski definition) is 7. The highest BCUT2D eigenvalue weighted by atomic mass is 35.5. The Morgan fingerprint density at radius 2 is 2.05 bits per heavy atom. The number of aromatic nitrogens is 1. The summed E-state index contributed by atoms with van der Waals surface area (Å²) in [4.78, 5) is 53.6. The van der Waals surface area contributed by atoms with Gasteiger partial charge in [-0.25, -0.2) is 0 Å². The molecule has 3 amide bonds. The first-order chi connectivity index (χ1) is 18.5. The molecule has 0 spiro atoms. The normalized spacial score (nSPS) is 25.5. The molecule has 5 atom stereocenters. The summed E-state index contributed by atoms with van der Waals surface area (Å²) in [5, 5.41) is 9.82. The van der Waals surface area contributed by atoms with Crippen LogP contribution < -0.4 is 10.6 Å². The summed E-state index contributed by atoms with van der Waals surface area (Å²) < 4.78 is 46.8. The molecule has 2 N–H and O–H groups in total. The molecule has 14 heteroatoms. The van der Waals surface area contributed by atoms with Crippen molar-refractivity contribution in [3.8, 4) is 0 Å². The van der Waals surface area contributed by atoms with Gasteiger partial charge in [0.25, 0.3) is 5.91 Å². The fraction of sp³-hybridized carbons (Fsp3) is 0.560. The first-order valence-electron chi connectivity index (χ1n) is 12.7. The van der Waals surface area contributed by atoms with E-state index in [0.29, 0.717) is 35.4 Å². The average molecular weight is 571 g/mol. The Hall–Kier alpha value is -3.19. The van der Waals surface area contributed by atoms with Crippen molar-refractivity contribution in [2.75, 3.05) is 19.7 Å². The zero-order valence-corrected chi connectivity index (χ0v) is 21.4. The van der Waals surface area contributed by atoms with E-state index in [9.17, 15) is 32.3 Å². The van der Waals surface area contributed by atoms with Crippen LogP contribution in [0.15, 0.2) is 22.7 Å². The van der Waals surface area contributed by atoms with Crippen LogP contribution in [0, 0.1) is 17.8 Å². The Kier molecular flexibility index (Phi) is 7.55. The SMILES string of the molecule is O=C1NCC[C@H]1C[C@H](NC(=O)[C@@H]1[C@H]2CCC[C@H]2CN1C(=O)c1noc2ccc(Cl)cc12)C(=O)COC(F)(F)F. The molecule has 3 heterocycles. The van der Waals surface area contributed by atoms with Gasteiger partial charge in [-0.1, -0.05) is 23.2 Å². The lowest BCUT2D eigenvalue weighted by Gasteiger charge is -2.29. The number of alkyl halides is 3. The van der Waals surface area contributed by atoms with Crippen LogP contribution in [-0.4, -0.2) is 71.7 Å². The molecule has 0 unspecified atom stereocenters. The summed E-state index contributed by atoms with van der Waals surface area (Å²) in [6, 6.07) is 2.31. The van der Waals surface area contributed by atoms with Crippen LogP contribution in [0.4, 0.5) is 13.2 Å². The number of nitrogens with zero attached hydrogens (tertiary/aromatic N) is 2. The Morgan fingerprint density at radius 1 is 1.26 bits per heavy atom. The molecule has 1 saturated carbocycles. The third kappa shape index (κ3) is 5.74. The van der Waals surface area contributed by atoms with E-state index in [1.54, 1.807) is 12.1 Å². The third-order valence-electron chi connectivity index (χ3n) is 7.82. The number of halogens is 4. The van der Waals surface area contributed by atoms with Crippen LogP contribution >= 0.6 is 11.6 Å². The number of fused-ring (bicyclic) bond motifs is 2. The summed E-state index contributed by atoms with van der Waals surface area (Å²) in [5.74, 6) is -3.41. The summed E-state index contributed by atoms with van der Waals surface area (Å²) >= 11 is 6.09. The van der Waals surface area contributed by atoms with Crippen molar-refractivity contribution >= 4 is 46.1 Å². The monoisotopic (exact) mass is 570 g/mol. The van der Waals surface area contributed by atoms with Gasteiger partial charge in [0.2, 0.25) is 11.8 Å². The molecule has 5 rings (SSSR count). The second kappa shape index (κ2) is 10.8. The predicted molar refractivity (Wildman–Crippen MR) is 129 cm³/mol. The van der Waals surface area contributed by atoms with E-state index < -0.39 is 48.6 Å². The van der Waals surface area contributed by atoms with E-state index in [1.807, 2.05) is 0 Å². The molecular formula is C25H26ClF3N4O6. The van der Waals surface area contributed by atoms with Crippen molar-refractivity contribution in [1.82, 2.24) is 20.7 Å². The standard InChI is InChI=1S/C25H26ClF3N4O6/c26-14-4-5-19-16(9-14)20(32-39-19)24(37)33-10-13-2-1-3-15(13)21(33)23(36)31-17(8-12-6-7-30-22(12)35)18(34)11-38-25(27,28)29/h4-5,9,12-13,15,17,21H,1-3,6-8,10-11H2,(H,30,35)(H,31,36)/t12-,13-,15-,17-,21-/m0/s1. The molecule has 3 aliphatic rings. The van der Waals surface area contributed by atoms with Crippen LogP contribution in [0.5, 0.6) is 0 Å². The molecule has 0 bridgehead atoms. The van der Waals surface area contributed by atoms with Gasteiger partial charge in [0.1, 0.15) is 12.6 Å². The lowest BCUT2D eigenvalue weighted by Crippen LogP contribution is -2.54. The Balaban J connectivity index is 1.39. The molecule has 2 aromatic rings. The molecule has 0 radical (unpaired) electrons. The molecule has 1 aliphatic carbocycles. The van der Waals surface area contributed by atoms with E-state index >= 15 is 0 Å². The quantitative estimate of drug-likeness (QED) is 0.499. The minimum Gasteiger partial charge on any atom is -0.356 e. The molecule has 10 nitrogen and oxygen atoms in total. The van der Waals surface area contributed by atoms with Crippen molar-refractivity contribution in [2.45, 2.75) is 50.6 Å². The van der Waals surface area contributed by atoms with E-state index in [2.05, 4.69) is 20.5 Å². The second-order valence-corrected chi connectivity index (χ2v) is 10.6. The largest absolute Gasteiger partial charge is 0.522 e. The minimum atomic E-state index is -5.04. The highest BCUT2D eigenvalue weighted by Gasteiger charge is 2.51. The fourth-order valence-electron chi connectivity index (χ4n) is 5.99. The van der Waals surface area contributed by atoms with Gasteiger partial charge in [-0.15, -0.1) is 13.2 Å². The Morgan fingerprint density at radius 3 is 2.77 bits per heavy atom. The maximum atomic E-state index is 13.7. The van der Waals surface area contributed by atoms with Gasteiger partial charge in [0, 0.05) is 24.0 Å². The van der Waals surface area contributed by atoms with Crippen LogP contribution in [0.1, 0.15) is 42.6 Å². The molecule has 1 aromatic carbocycles. The number of Topliss-reactive ketones (excluding diaryl/α,β-unsaturated/α-hetero) is 1. The zero-order chi connectivity index (χ0) is 27.9. The van der Waals surface area contributed by atoms with E-state index in [4.69, 9.17) is 16.1 Å². The topological polar surface area (TPSA) is 131 Å². The number of ketones is 1. The number of nitrogens with one attached hydrogen (secondary N) is 2. The first-order valence-corrected chi connectivity index (χ1v) is 13.1. The van der Waals surface area contributed by atoms with Gasteiger partial charge >= 0.3 is 6.36 Å². The predicted octanol–water partition coefficient (Wildman–Crippen LogP) is 2.84. The number of ether oxygens (including phenoxy) is 1. The Bertz CT molecular complexity index is 1300. The van der Waals surface area contributed by atoms with Gasteiger partial charge in [-0.2, -0.15) is 0 Å². The number of hydrogen-bond donors (Lipinski definition) is 2. The van der Waals surface area contributed by atoms with Gasteiger partial charge in [0.05, 0.1) is 11.4 Å². The lowest BCUT2D eigenvalue weighted by atomic mass is 9.92. The summed E-state index contributed by atoms with van der Waals surface area (Å²) in [5.41, 5.74) is 0.326. The molecule has 2 aliphatic heterocycles. The van der Waals surface area contributed by atoms with Crippen LogP contribution in [0.3, 0.4) is 0 Å². The summed E-state index contributed by atoms with van der Waals surface area (Å²) in [6.45, 7) is -0.674. The van der Waals surface area contributed by atoms with Gasteiger partial charge in [-0.3, -0.25) is 23.9 Å². The zero-order valence-electron chi connectivity index (χ0n) is 20.6. The second-order valence-electron chi connectivity index (χ2n) is 10.2. The van der Waals surface area contributed by atoms with Crippen molar-refractivity contribution < 1.29 is 41.6 Å². The molecule has 210 valence electrons. The number of amides is 3. The Labute approximate surface area is 225 Å². The first kappa shape index (κ1) is 27.4. The molecule has 39 heavy (non-hydrogen) atoms. The van der Waals surface area contributed by atoms with Gasteiger partial charge < -0.3 is 20.1 Å². The molecular weight excluding hydrogens is 545 g/mol. The van der Waals surface area contributed by atoms with Gasteiger partial charge in [0.15, 0.2) is 17.1 Å². The molecule has 3 fully saturated rings. The lowest BCUT2D eigenvalue weighted by molar-refractivity contribution is -0.321. The number of likely N-dealkylation sites (tertiary alicyclic amines) is 1.